The van der Waals surface area contributed by atoms with Crippen molar-refractivity contribution in [3.05, 3.63) is 36.1 Å². The first kappa shape index (κ1) is 16.6. The Morgan fingerprint density at radius 2 is 2.28 bits per heavy atom. The molecular weight excluding hydrogens is 318 g/mol. The van der Waals surface area contributed by atoms with E-state index in [0.29, 0.717) is 32.1 Å². The summed E-state index contributed by atoms with van der Waals surface area (Å²) in [5.74, 6) is 0.388. The average molecular weight is 343 g/mol. The third-order valence-electron chi connectivity index (χ3n) is 5.51. The summed E-state index contributed by atoms with van der Waals surface area (Å²) in [5, 5.41) is 0.964. The second-order valence-electron chi connectivity index (χ2n) is 7.13. The molecule has 0 spiro atoms. The molecule has 0 N–H and O–H groups in total. The number of fused-ring (bicyclic) bond motifs is 2. The van der Waals surface area contributed by atoms with Crippen LogP contribution in [-0.4, -0.2) is 49.8 Å². The number of nitrogens with zero attached hydrogens (tertiary/aromatic N) is 1. The van der Waals surface area contributed by atoms with Gasteiger partial charge in [0.15, 0.2) is 5.76 Å². The van der Waals surface area contributed by atoms with Gasteiger partial charge >= 0.3 is 0 Å². The number of carbonyl (C=O) groups excluding carboxylic acids is 1. The molecule has 1 amide bonds. The van der Waals surface area contributed by atoms with Gasteiger partial charge in [0.2, 0.25) is 0 Å². The predicted octanol–water partition coefficient (Wildman–Crippen LogP) is 3.48. The van der Waals surface area contributed by atoms with Crippen molar-refractivity contribution in [2.75, 3.05) is 32.9 Å². The molecule has 0 unspecified atom stereocenters. The Kier molecular flexibility index (Phi) is 4.52. The van der Waals surface area contributed by atoms with E-state index < -0.39 is 0 Å². The molecule has 0 bridgehead atoms. The summed E-state index contributed by atoms with van der Waals surface area (Å²) in [6, 6.07) is 9.57. The van der Waals surface area contributed by atoms with Crippen LogP contribution in [0.4, 0.5) is 0 Å². The number of piperidine rings is 1. The Balaban J connectivity index is 1.56. The van der Waals surface area contributed by atoms with Crippen LogP contribution in [-0.2, 0) is 9.47 Å². The fourth-order valence-corrected chi connectivity index (χ4v) is 4.22. The second-order valence-corrected chi connectivity index (χ2v) is 7.13. The first-order valence-electron chi connectivity index (χ1n) is 9.19. The average Bonchev–Trinajstić information content (AvgIpc) is 3.09. The van der Waals surface area contributed by atoms with Crippen molar-refractivity contribution in [1.82, 2.24) is 4.90 Å². The fourth-order valence-electron chi connectivity index (χ4n) is 4.22. The van der Waals surface area contributed by atoms with Gasteiger partial charge in [0.25, 0.3) is 5.91 Å². The first-order valence-corrected chi connectivity index (χ1v) is 9.19. The quantitative estimate of drug-likeness (QED) is 0.853. The predicted molar refractivity (Wildman–Crippen MR) is 94.6 cm³/mol. The van der Waals surface area contributed by atoms with Crippen molar-refractivity contribution >= 4 is 16.9 Å². The molecule has 2 aromatic rings. The summed E-state index contributed by atoms with van der Waals surface area (Å²) in [5.41, 5.74) is 0.666. The molecule has 1 aromatic heterocycles. The van der Waals surface area contributed by atoms with Crippen LogP contribution in [0, 0.1) is 5.41 Å². The minimum Gasteiger partial charge on any atom is -0.451 e. The molecule has 25 heavy (non-hydrogen) atoms. The number of carbonyl (C=O) groups is 1. The maximum Gasteiger partial charge on any atom is 0.289 e. The number of amides is 1. The molecule has 3 heterocycles. The lowest BCUT2D eigenvalue weighted by molar-refractivity contribution is -0.146. The van der Waals surface area contributed by atoms with Crippen LogP contribution in [0.2, 0.25) is 0 Å². The monoisotopic (exact) mass is 343 g/mol. The van der Waals surface area contributed by atoms with Crippen molar-refractivity contribution in [1.29, 1.82) is 0 Å². The van der Waals surface area contributed by atoms with Crippen LogP contribution in [0.15, 0.2) is 34.7 Å². The number of hydrogen-bond acceptors (Lipinski definition) is 4. The Morgan fingerprint density at radius 3 is 3.12 bits per heavy atom. The van der Waals surface area contributed by atoms with Crippen molar-refractivity contribution in [3.8, 4) is 0 Å². The highest BCUT2D eigenvalue weighted by molar-refractivity contribution is 5.96. The van der Waals surface area contributed by atoms with E-state index in [4.69, 9.17) is 13.9 Å². The summed E-state index contributed by atoms with van der Waals surface area (Å²) in [6.07, 6.45) is 3.11. The normalized spacial score (nSPS) is 26.6. The molecule has 5 heteroatoms. The van der Waals surface area contributed by atoms with Gasteiger partial charge in [-0.3, -0.25) is 4.79 Å². The van der Waals surface area contributed by atoms with Crippen LogP contribution in [0.3, 0.4) is 0 Å². The lowest BCUT2D eigenvalue weighted by Gasteiger charge is -2.50. The molecule has 2 fully saturated rings. The van der Waals surface area contributed by atoms with Gasteiger partial charge in [0.1, 0.15) is 5.58 Å². The highest BCUT2D eigenvalue weighted by Crippen LogP contribution is 2.41. The summed E-state index contributed by atoms with van der Waals surface area (Å²) >= 11 is 0. The maximum atomic E-state index is 13.0. The van der Waals surface area contributed by atoms with E-state index in [1.807, 2.05) is 42.2 Å². The van der Waals surface area contributed by atoms with Crippen molar-refractivity contribution in [2.45, 2.75) is 32.3 Å². The molecule has 4 rings (SSSR count). The zero-order valence-corrected chi connectivity index (χ0v) is 14.7. The standard InChI is InChI=1S/C20H25NO4/c1-2-23-14-20-9-5-11-24-18(20)8-10-21(13-20)19(22)17-12-15-6-3-4-7-16(15)25-17/h3-4,6-7,12,18H,2,5,8-11,13-14H2,1H3/t18-,20-/m0/s1. The Hall–Kier alpha value is -1.85. The Labute approximate surface area is 147 Å². The molecule has 0 radical (unpaired) electrons. The van der Waals surface area contributed by atoms with Gasteiger partial charge in [-0.1, -0.05) is 18.2 Å². The zero-order chi connectivity index (χ0) is 17.3. The van der Waals surface area contributed by atoms with E-state index in [1.54, 1.807) is 0 Å². The Bertz CT molecular complexity index is 722. The minimum atomic E-state index is -0.0891. The lowest BCUT2D eigenvalue weighted by atomic mass is 9.73. The van der Waals surface area contributed by atoms with E-state index in [-0.39, 0.29) is 17.4 Å². The van der Waals surface area contributed by atoms with E-state index in [1.165, 1.54) is 0 Å². The molecule has 5 nitrogen and oxygen atoms in total. The third kappa shape index (κ3) is 3.07. The third-order valence-corrected chi connectivity index (χ3v) is 5.51. The number of benzene rings is 1. The highest BCUT2D eigenvalue weighted by Gasteiger charge is 2.47. The van der Waals surface area contributed by atoms with Crippen molar-refractivity contribution in [2.24, 2.45) is 5.41 Å². The molecule has 2 aliphatic heterocycles. The Morgan fingerprint density at radius 1 is 1.40 bits per heavy atom. The van der Waals surface area contributed by atoms with Crippen LogP contribution in [0.1, 0.15) is 36.7 Å². The summed E-state index contributed by atoms with van der Waals surface area (Å²) in [7, 11) is 0. The van der Waals surface area contributed by atoms with Gasteiger partial charge in [-0.05, 0) is 38.3 Å². The molecule has 2 saturated heterocycles. The number of furan rings is 1. The molecule has 134 valence electrons. The zero-order valence-electron chi connectivity index (χ0n) is 14.7. The largest absolute Gasteiger partial charge is 0.451 e. The van der Waals surface area contributed by atoms with Crippen LogP contribution < -0.4 is 0 Å². The molecule has 2 atom stereocenters. The van der Waals surface area contributed by atoms with Gasteiger partial charge in [0.05, 0.1) is 12.7 Å². The van der Waals surface area contributed by atoms with Crippen LogP contribution >= 0.6 is 0 Å². The summed E-state index contributed by atoms with van der Waals surface area (Å²) in [4.78, 5) is 14.9. The maximum absolute atomic E-state index is 13.0. The SMILES string of the molecule is CCOC[C@@]12CCCO[C@H]1CCN(C(=O)c1cc3ccccc3o1)C2. The smallest absolute Gasteiger partial charge is 0.289 e. The molecule has 1 aromatic carbocycles. The lowest BCUT2D eigenvalue weighted by Crippen LogP contribution is -2.58. The number of rotatable bonds is 4. The van der Waals surface area contributed by atoms with E-state index in [2.05, 4.69) is 0 Å². The topological polar surface area (TPSA) is 51.9 Å². The van der Waals surface area contributed by atoms with Gasteiger partial charge < -0.3 is 18.8 Å². The van der Waals surface area contributed by atoms with Gasteiger partial charge in [-0.2, -0.15) is 0 Å². The summed E-state index contributed by atoms with van der Waals surface area (Å²) in [6.45, 7) is 5.54. The fraction of sp³-hybridized carbons (Fsp3) is 0.550. The molecule has 2 aliphatic rings. The van der Waals surface area contributed by atoms with Crippen LogP contribution in [0.25, 0.3) is 11.0 Å². The minimum absolute atomic E-state index is 0.0314. The van der Waals surface area contributed by atoms with Gasteiger partial charge in [-0.25, -0.2) is 0 Å². The number of ether oxygens (including phenoxy) is 2. The number of hydrogen-bond donors (Lipinski definition) is 0. The molecule has 0 saturated carbocycles. The molecule has 0 aliphatic carbocycles. The first-order chi connectivity index (χ1) is 12.2. The van der Waals surface area contributed by atoms with Crippen molar-refractivity contribution < 1.29 is 18.7 Å². The van der Waals surface area contributed by atoms with Crippen LogP contribution in [0.5, 0.6) is 0 Å². The molecular formula is C20H25NO4. The summed E-state index contributed by atoms with van der Waals surface area (Å²) < 4.78 is 17.6. The number of likely N-dealkylation sites (tertiary alicyclic amines) is 1. The van der Waals surface area contributed by atoms with Gasteiger partial charge in [-0.15, -0.1) is 0 Å². The highest BCUT2D eigenvalue weighted by atomic mass is 16.5. The van der Waals surface area contributed by atoms with E-state index in [9.17, 15) is 4.79 Å². The van der Waals surface area contributed by atoms with Gasteiger partial charge in [0, 0.05) is 37.1 Å². The van der Waals surface area contributed by atoms with Crippen molar-refractivity contribution in [3.63, 3.8) is 0 Å². The van der Waals surface area contributed by atoms with E-state index in [0.717, 1.165) is 36.8 Å². The number of para-hydroxylation sites is 1. The van der Waals surface area contributed by atoms with E-state index >= 15 is 0 Å². The second kappa shape index (κ2) is 6.81.